The number of nitrogens with zero attached hydrogens (tertiary/aromatic N) is 1. The lowest BCUT2D eigenvalue weighted by molar-refractivity contribution is 0.431. The molecule has 0 aliphatic carbocycles. The molecule has 4 heteroatoms. The molecule has 0 bridgehead atoms. The molecule has 150 valence electrons. The van der Waals surface area contributed by atoms with Crippen molar-refractivity contribution in [3.05, 3.63) is 107 Å². The second kappa shape index (κ2) is 8.72. The van der Waals surface area contributed by atoms with E-state index in [9.17, 15) is 9.50 Å². The van der Waals surface area contributed by atoms with Crippen LogP contribution in [0.25, 0.3) is 5.57 Å². The summed E-state index contributed by atoms with van der Waals surface area (Å²) in [5.74, 6) is -1.23. The van der Waals surface area contributed by atoms with Gasteiger partial charge in [-0.25, -0.2) is 4.39 Å². The van der Waals surface area contributed by atoms with Crippen LogP contribution >= 0.6 is 12.2 Å². The summed E-state index contributed by atoms with van der Waals surface area (Å²) in [5.41, 5.74) is 4.99. The molecule has 2 nitrogen and oxygen atoms in total. The highest BCUT2D eigenvalue weighted by molar-refractivity contribution is 7.81. The third-order valence-electron chi connectivity index (χ3n) is 5.43. The molecule has 0 amide bonds. The van der Waals surface area contributed by atoms with Crippen LogP contribution in [-0.4, -0.2) is 15.7 Å². The molecule has 0 aromatic heterocycles. The minimum Gasteiger partial charge on any atom is -0.504 e. The van der Waals surface area contributed by atoms with Crippen molar-refractivity contribution in [1.29, 1.82) is 0 Å². The number of para-hydroxylation sites is 1. The van der Waals surface area contributed by atoms with Gasteiger partial charge in [0.2, 0.25) is 0 Å². The number of allylic oxidation sites excluding steroid dienone is 2. The number of aryl methyl sites for hydroxylation is 1. The van der Waals surface area contributed by atoms with Gasteiger partial charge in [0.1, 0.15) is 0 Å². The average molecular weight is 416 g/mol. The first-order chi connectivity index (χ1) is 14.6. The lowest BCUT2D eigenvalue weighted by atomic mass is 9.81. The Morgan fingerprint density at radius 2 is 1.60 bits per heavy atom. The van der Waals surface area contributed by atoms with E-state index in [-0.39, 0.29) is 11.7 Å². The number of hydrogen-bond donors (Lipinski definition) is 1. The summed E-state index contributed by atoms with van der Waals surface area (Å²) in [4.78, 5) is 5.62. The van der Waals surface area contributed by atoms with Gasteiger partial charge in [-0.15, -0.1) is 0 Å². The third kappa shape index (κ3) is 3.96. The van der Waals surface area contributed by atoms with E-state index in [2.05, 4.69) is 12.1 Å². The Balaban J connectivity index is 1.79. The minimum absolute atomic E-state index is 0.202. The Hall–Kier alpha value is -3.11. The number of hydrogen-bond acceptors (Lipinski definition) is 3. The van der Waals surface area contributed by atoms with Crippen molar-refractivity contribution in [2.75, 3.05) is 0 Å². The number of aromatic hydroxyl groups is 1. The molecule has 30 heavy (non-hydrogen) atoms. The molecule has 4 rings (SSSR count). The van der Waals surface area contributed by atoms with E-state index < -0.39 is 5.82 Å². The first-order valence-electron chi connectivity index (χ1n) is 9.97. The maximum Gasteiger partial charge on any atom is 0.165 e. The average Bonchev–Trinajstić information content (AvgIpc) is 2.76. The molecule has 1 atom stereocenters. The van der Waals surface area contributed by atoms with Gasteiger partial charge in [-0.05, 0) is 43.0 Å². The fourth-order valence-electron chi connectivity index (χ4n) is 3.94. The van der Waals surface area contributed by atoms with Gasteiger partial charge in [0, 0.05) is 27.6 Å². The van der Waals surface area contributed by atoms with Crippen molar-refractivity contribution in [3.8, 4) is 5.75 Å². The summed E-state index contributed by atoms with van der Waals surface area (Å²) >= 11 is 5.96. The van der Waals surface area contributed by atoms with Crippen molar-refractivity contribution in [1.82, 2.24) is 0 Å². The molecule has 1 aliphatic heterocycles. The zero-order valence-electron chi connectivity index (χ0n) is 16.7. The molecule has 0 saturated carbocycles. The van der Waals surface area contributed by atoms with Gasteiger partial charge >= 0.3 is 0 Å². The quantitative estimate of drug-likeness (QED) is 0.490. The van der Waals surface area contributed by atoms with E-state index in [4.69, 9.17) is 17.2 Å². The number of aliphatic imine (C=N–C) groups is 1. The van der Waals surface area contributed by atoms with Gasteiger partial charge in [0.25, 0.3) is 0 Å². The van der Waals surface area contributed by atoms with E-state index >= 15 is 0 Å². The largest absolute Gasteiger partial charge is 0.504 e. The van der Waals surface area contributed by atoms with E-state index in [1.54, 1.807) is 12.1 Å². The molecule has 0 fully saturated rings. The van der Waals surface area contributed by atoms with Gasteiger partial charge in [0.15, 0.2) is 11.6 Å². The molecule has 1 aliphatic rings. The zero-order chi connectivity index (χ0) is 21.1. The maximum atomic E-state index is 14.1. The highest BCUT2D eigenvalue weighted by Crippen LogP contribution is 2.36. The van der Waals surface area contributed by atoms with Crippen molar-refractivity contribution in [2.24, 2.45) is 10.9 Å². The van der Waals surface area contributed by atoms with Crippen LogP contribution in [0.2, 0.25) is 0 Å². The number of benzene rings is 3. The summed E-state index contributed by atoms with van der Waals surface area (Å²) in [6.07, 6.45) is 1.53. The maximum absolute atomic E-state index is 14.1. The summed E-state index contributed by atoms with van der Waals surface area (Å²) in [6.45, 7) is 1.92. The summed E-state index contributed by atoms with van der Waals surface area (Å²) < 4.78 is 14.1. The van der Waals surface area contributed by atoms with Crippen molar-refractivity contribution in [2.45, 2.75) is 19.8 Å². The number of phenols is 1. The summed E-state index contributed by atoms with van der Waals surface area (Å²) in [6, 6.07) is 24.7. The normalized spacial score (nSPS) is 16.5. The van der Waals surface area contributed by atoms with Gasteiger partial charge < -0.3 is 5.11 Å². The standard InChI is InChI=1S/C26H22FNOS/c1-17-23(19-11-6-3-7-12-19)26(30)21(16-15-18-9-4-2-5-10-18)24(28-17)20-13-8-14-22(27)25(20)29/h2-14,21,29H,15-16H2,1H3. The Kier molecular flexibility index (Phi) is 5.86. The highest BCUT2D eigenvalue weighted by atomic mass is 32.1. The SMILES string of the molecule is CC1=C(c2ccccc2)C(=S)C(CCc2ccccc2)C(c2cccc(F)c2O)=N1. The first kappa shape index (κ1) is 20.2. The van der Waals surface area contributed by atoms with Crippen LogP contribution < -0.4 is 0 Å². The molecule has 1 unspecified atom stereocenters. The fourth-order valence-corrected chi connectivity index (χ4v) is 4.44. The molecule has 3 aromatic rings. The highest BCUT2D eigenvalue weighted by Gasteiger charge is 2.32. The topological polar surface area (TPSA) is 32.6 Å². The molecule has 0 saturated heterocycles. The van der Waals surface area contributed by atoms with E-state index in [0.717, 1.165) is 34.5 Å². The number of halogens is 1. The van der Waals surface area contributed by atoms with Crippen LogP contribution in [0, 0.1) is 11.7 Å². The minimum atomic E-state index is -0.654. The second-order valence-electron chi connectivity index (χ2n) is 7.40. The van der Waals surface area contributed by atoms with Gasteiger partial charge in [0.05, 0.1) is 5.71 Å². The number of rotatable bonds is 5. The smallest absolute Gasteiger partial charge is 0.165 e. The van der Waals surface area contributed by atoms with Crippen LogP contribution in [0.1, 0.15) is 30.0 Å². The van der Waals surface area contributed by atoms with Gasteiger partial charge in [-0.1, -0.05) is 78.9 Å². The Labute approximate surface area is 181 Å². The molecule has 1 N–H and O–H groups in total. The fraction of sp³-hybridized carbons (Fsp3) is 0.154. The Morgan fingerprint density at radius 3 is 2.30 bits per heavy atom. The molecule has 0 radical (unpaired) electrons. The van der Waals surface area contributed by atoms with E-state index in [0.29, 0.717) is 11.3 Å². The molecule has 1 heterocycles. The molecule has 3 aromatic carbocycles. The van der Waals surface area contributed by atoms with Crippen LogP contribution in [0.4, 0.5) is 4.39 Å². The van der Waals surface area contributed by atoms with Crippen LogP contribution in [0.15, 0.2) is 89.6 Å². The van der Waals surface area contributed by atoms with Crippen molar-refractivity contribution in [3.63, 3.8) is 0 Å². The first-order valence-corrected chi connectivity index (χ1v) is 10.4. The molecule has 0 spiro atoms. The van der Waals surface area contributed by atoms with Crippen LogP contribution in [0.5, 0.6) is 5.75 Å². The predicted octanol–water partition coefficient (Wildman–Crippen LogP) is 6.38. The number of thiocarbonyl (C=S) groups is 1. The van der Waals surface area contributed by atoms with E-state index in [1.165, 1.54) is 11.6 Å². The third-order valence-corrected chi connectivity index (χ3v) is 5.92. The van der Waals surface area contributed by atoms with Crippen LogP contribution in [0.3, 0.4) is 0 Å². The Morgan fingerprint density at radius 1 is 0.933 bits per heavy atom. The predicted molar refractivity (Wildman–Crippen MR) is 124 cm³/mol. The van der Waals surface area contributed by atoms with E-state index in [1.807, 2.05) is 55.5 Å². The van der Waals surface area contributed by atoms with Gasteiger partial charge in [-0.3, -0.25) is 4.99 Å². The second-order valence-corrected chi connectivity index (χ2v) is 7.84. The van der Waals surface area contributed by atoms with Crippen molar-refractivity contribution >= 4 is 28.4 Å². The molecular weight excluding hydrogens is 393 g/mol. The zero-order valence-corrected chi connectivity index (χ0v) is 17.5. The molecular formula is C26H22FNOS. The van der Waals surface area contributed by atoms with Gasteiger partial charge in [-0.2, -0.15) is 0 Å². The Bertz CT molecular complexity index is 1140. The monoisotopic (exact) mass is 415 g/mol. The van der Waals surface area contributed by atoms with Crippen LogP contribution in [-0.2, 0) is 6.42 Å². The lowest BCUT2D eigenvalue weighted by Crippen LogP contribution is -2.29. The lowest BCUT2D eigenvalue weighted by Gasteiger charge is -2.28. The number of phenolic OH excluding ortho intramolecular Hbond substituents is 1. The summed E-state index contributed by atoms with van der Waals surface area (Å²) in [7, 11) is 0. The van der Waals surface area contributed by atoms with Crippen molar-refractivity contribution < 1.29 is 9.50 Å². The summed E-state index contributed by atoms with van der Waals surface area (Å²) in [5, 5.41) is 10.4.